The van der Waals surface area contributed by atoms with Crippen molar-refractivity contribution in [3.05, 3.63) is 0 Å². The molecular weight excluding hydrogens is 166 g/mol. The van der Waals surface area contributed by atoms with Crippen molar-refractivity contribution in [2.45, 2.75) is 44.4 Å². The van der Waals surface area contributed by atoms with Crippen molar-refractivity contribution in [1.29, 1.82) is 0 Å². The van der Waals surface area contributed by atoms with Crippen molar-refractivity contribution in [2.24, 2.45) is 5.92 Å². The SMILES string of the molecule is CCC(C)SCC(NC)C1CC1. The van der Waals surface area contributed by atoms with Gasteiger partial charge < -0.3 is 5.32 Å². The number of rotatable bonds is 6. The zero-order valence-corrected chi connectivity index (χ0v) is 9.29. The molecule has 1 aliphatic carbocycles. The Bertz CT molecular complexity index is 123. The van der Waals surface area contributed by atoms with E-state index in [1.165, 1.54) is 25.0 Å². The van der Waals surface area contributed by atoms with E-state index in [0.29, 0.717) is 0 Å². The summed E-state index contributed by atoms with van der Waals surface area (Å²) in [5, 5.41) is 4.26. The highest BCUT2D eigenvalue weighted by molar-refractivity contribution is 7.99. The third-order valence-electron chi connectivity index (χ3n) is 2.70. The molecule has 0 amide bonds. The molecule has 0 spiro atoms. The largest absolute Gasteiger partial charge is 0.316 e. The minimum Gasteiger partial charge on any atom is -0.316 e. The Labute approximate surface area is 80.7 Å². The molecule has 2 atom stereocenters. The van der Waals surface area contributed by atoms with Gasteiger partial charge in [-0.2, -0.15) is 11.8 Å². The predicted octanol–water partition coefficient (Wildman–Crippen LogP) is 2.52. The van der Waals surface area contributed by atoms with Gasteiger partial charge in [-0.25, -0.2) is 0 Å². The Hall–Kier alpha value is 0.310. The molecule has 1 aliphatic rings. The van der Waals surface area contributed by atoms with Crippen LogP contribution in [0.4, 0.5) is 0 Å². The maximum atomic E-state index is 3.42. The molecule has 0 aromatic carbocycles. The smallest absolute Gasteiger partial charge is 0.0183 e. The van der Waals surface area contributed by atoms with Gasteiger partial charge in [0, 0.05) is 17.0 Å². The van der Waals surface area contributed by atoms with Crippen LogP contribution >= 0.6 is 11.8 Å². The molecule has 0 aromatic heterocycles. The van der Waals surface area contributed by atoms with E-state index in [2.05, 4.69) is 38.0 Å². The standard InChI is InChI=1S/C10H21NS/c1-4-8(2)12-7-10(11-3)9-5-6-9/h8-11H,4-7H2,1-3H3. The molecule has 1 nitrogen and oxygen atoms in total. The van der Waals surface area contributed by atoms with Gasteiger partial charge in [-0.1, -0.05) is 13.8 Å². The van der Waals surface area contributed by atoms with E-state index in [9.17, 15) is 0 Å². The van der Waals surface area contributed by atoms with Gasteiger partial charge in [-0.05, 0) is 32.2 Å². The molecule has 72 valence electrons. The summed E-state index contributed by atoms with van der Waals surface area (Å²) in [5.41, 5.74) is 0. The molecule has 2 unspecified atom stereocenters. The van der Waals surface area contributed by atoms with Gasteiger partial charge >= 0.3 is 0 Å². The van der Waals surface area contributed by atoms with Crippen LogP contribution in [0, 0.1) is 5.92 Å². The monoisotopic (exact) mass is 187 g/mol. The fraction of sp³-hybridized carbons (Fsp3) is 1.00. The lowest BCUT2D eigenvalue weighted by Crippen LogP contribution is -2.30. The van der Waals surface area contributed by atoms with E-state index < -0.39 is 0 Å². The van der Waals surface area contributed by atoms with Gasteiger partial charge in [-0.15, -0.1) is 0 Å². The highest BCUT2D eigenvalue weighted by atomic mass is 32.2. The van der Waals surface area contributed by atoms with Crippen molar-refractivity contribution in [2.75, 3.05) is 12.8 Å². The van der Waals surface area contributed by atoms with Gasteiger partial charge in [0.1, 0.15) is 0 Å². The van der Waals surface area contributed by atoms with Crippen molar-refractivity contribution < 1.29 is 0 Å². The quantitative estimate of drug-likeness (QED) is 0.686. The normalized spacial score (nSPS) is 22.2. The second-order valence-electron chi connectivity index (χ2n) is 3.78. The lowest BCUT2D eigenvalue weighted by Gasteiger charge is -2.17. The van der Waals surface area contributed by atoms with Crippen LogP contribution in [0.5, 0.6) is 0 Å². The van der Waals surface area contributed by atoms with Gasteiger partial charge in [0.2, 0.25) is 0 Å². The Kier molecular flexibility index (Phi) is 4.44. The van der Waals surface area contributed by atoms with Crippen LogP contribution < -0.4 is 5.32 Å². The molecule has 0 heterocycles. The molecular formula is C10H21NS. The molecule has 1 fully saturated rings. The summed E-state index contributed by atoms with van der Waals surface area (Å²) in [6.07, 6.45) is 4.20. The fourth-order valence-corrected chi connectivity index (χ4v) is 2.55. The molecule has 0 aliphatic heterocycles. The Morgan fingerprint density at radius 1 is 1.50 bits per heavy atom. The van der Waals surface area contributed by atoms with Crippen LogP contribution in [0.15, 0.2) is 0 Å². The van der Waals surface area contributed by atoms with E-state index >= 15 is 0 Å². The third-order valence-corrected chi connectivity index (χ3v) is 4.15. The molecule has 0 bridgehead atoms. The summed E-state index contributed by atoms with van der Waals surface area (Å²) in [7, 11) is 2.10. The first-order valence-corrected chi connectivity index (χ1v) is 6.11. The summed E-state index contributed by atoms with van der Waals surface area (Å²) in [5.74, 6) is 2.29. The fourth-order valence-electron chi connectivity index (χ4n) is 1.34. The molecule has 0 saturated heterocycles. The first-order valence-electron chi connectivity index (χ1n) is 5.06. The summed E-state index contributed by atoms with van der Waals surface area (Å²) in [6.45, 7) is 4.59. The van der Waals surface area contributed by atoms with E-state index in [-0.39, 0.29) is 0 Å². The van der Waals surface area contributed by atoms with E-state index in [1.807, 2.05) is 0 Å². The summed E-state index contributed by atoms with van der Waals surface area (Å²) in [4.78, 5) is 0. The highest BCUT2D eigenvalue weighted by Gasteiger charge is 2.29. The zero-order valence-electron chi connectivity index (χ0n) is 8.47. The number of hydrogen-bond donors (Lipinski definition) is 1. The average Bonchev–Trinajstić information content (AvgIpc) is 2.89. The van der Waals surface area contributed by atoms with Gasteiger partial charge in [0.15, 0.2) is 0 Å². The molecule has 0 aromatic rings. The van der Waals surface area contributed by atoms with Gasteiger partial charge in [-0.3, -0.25) is 0 Å². The van der Waals surface area contributed by atoms with Crippen LogP contribution in [-0.2, 0) is 0 Å². The third kappa shape index (κ3) is 3.36. The minimum absolute atomic E-state index is 0.781. The second-order valence-corrected chi connectivity index (χ2v) is 5.26. The van der Waals surface area contributed by atoms with Gasteiger partial charge in [0.05, 0.1) is 0 Å². The van der Waals surface area contributed by atoms with Crippen LogP contribution in [0.3, 0.4) is 0 Å². The maximum absolute atomic E-state index is 3.42. The Morgan fingerprint density at radius 2 is 2.17 bits per heavy atom. The van der Waals surface area contributed by atoms with E-state index in [4.69, 9.17) is 0 Å². The van der Waals surface area contributed by atoms with Crippen LogP contribution in [-0.4, -0.2) is 24.1 Å². The molecule has 12 heavy (non-hydrogen) atoms. The van der Waals surface area contributed by atoms with Crippen molar-refractivity contribution in [1.82, 2.24) is 5.32 Å². The molecule has 1 saturated carbocycles. The molecule has 1 N–H and O–H groups in total. The Balaban J connectivity index is 2.10. The first-order chi connectivity index (χ1) is 5.77. The maximum Gasteiger partial charge on any atom is 0.0183 e. The zero-order chi connectivity index (χ0) is 8.97. The van der Waals surface area contributed by atoms with Crippen LogP contribution in [0.2, 0.25) is 0 Å². The number of thioether (sulfide) groups is 1. The van der Waals surface area contributed by atoms with E-state index in [0.717, 1.165) is 17.2 Å². The molecule has 1 rings (SSSR count). The van der Waals surface area contributed by atoms with Gasteiger partial charge in [0.25, 0.3) is 0 Å². The first kappa shape index (κ1) is 10.4. The second kappa shape index (κ2) is 5.13. The van der Waals surface area contributed by atoms with Crippen LogP contribution in [0.1, 0.15) is 33.1 Å². The minimum atomic E-state index is 0.781. The topological polar surface area (TPSA) is 12.0 Å². The van der Waals surface area contributed by atoms with Crippen molar-refractivity contribution >= 4 is 11.8 Å². The molecule has 0 radical (unpaired) electrons. The highest BCUT2D eigenvalue weighted by Crippen LogP contribution is 2.34. The lowest BCUT2D eigenvalue weighted by atomic mass is 10.2. The summed E-state index contributed by atoms with van der Waals surface area (Å²) >= 11 is 2.11. The predicted molar refractivity (Wildman–Crippen MR) is 57.8 cm³/mol. The lowest BCUT2D eigenvalue weighted by molar-refractivity contribution is 0.553. The average molecular weight is 187 g/mol. The van der Waals surface area contributed by atoms with E-state index in [1.54, 1.807) is 0 Å². The van der Waals surface area contributed by atoms with Crippen molar-refractivity contribution in [3.63, 3.8) is 0 Å². The van der Waals surface area contributed by atoms with Crippen molar-refractivity contribution in [3.8, 4) is 0 Å². The summed E-state index contributed by atoms with van der Waals surface area (Å²) in [6, 6.07) is 0.781. The Morgan fingerprint density at radius 3 is 2.58 bits per heavy atom. The molecule has 2 heteroatoms. The van der Waals surface area contributed by atoms with Crippen LogP contribution in [0.25, 0.3) is 0 Å². The summed E-state index contributed by atoms with van der Waals surface area (Å²) < 4.78 is 0. The number of hydrogen-bond acceptors (Lipinski definition) is 2. The number of nitrogens with one attached hydrogen (secondary N) is 1.